The summed E-state index contributed by atoms with van der Waals surface area (Å²) in [7, 11) is -3.22. The second-order valence-electron chi connectivity index (χ2n) is 6.28. The minimum atomic E-state index is -3.22. The second-order valence-corrected chi connectivity index (χ2v) is 8.21. The highest BCUT2D eigenvalue weighted by atomic mass is 32.2. The van der Waals surface area contributed by atoms with Gasteiger partial charge in [-0.1, -0.05) is 29.8 Å². The topological polar surface area (TPSA) is 43.9 Å². The van der Waals surface area contributed by atoms with Crippen molar-refractivity contribution in [2.45, 2.75) is 26.3 Å². The van der Waals surface area contributed by atoms with Gasteiger partial charge in [0.1, 0.15) is 0 Å². The molecule has 22 heavy (non-hydrogen) atoms. The Labute approximate surface area is 133 Å². The molecule has 5 nitrogen and oxygen atoms in total. The van der Waals surface area contributed by atoms with Crippen LogP contribution in [0.25, 0.3) is 0 Å². The van der Waals surface area contributed by atoms with E-state index in [2.05, 4.69) is 36.1 Å². The van der Waals surface area contributed by atoms with Gasteiger partial charge in [-0.2, -0.15) is 17.0 Å². The van der Waals surface area contributed by atoms with Gasteiger partial charge >= 0.3 is 0 Å². The van der Waals surface area contributed by atoms with Crippen LogP contribution in [0.4, 0.5) is 0 Å². The van der Waals surface area contributed by atoms with E-state index in [4.69, 9.17) is 0 Å². The summed E-state index contributed by atoms with van der Waals surface area (Å²) in [6, 6.07) is 8.52. The molecule has 0 aromatic heterocycles. The van der Waals surface area contributed by atoms with E-state index in [9.17, 15) is 8.42 Å². The molecule has 2 heterocycles. The minimum Gasteiger partial charge on any atom is -0.296 e. The third-order valence-corrected chi connectivity index (χ3v) is 6.57. The molecule has 2 aliphatic heterocycles. The molecule has 0 aliphatic carbocycles. The first-order valence-corrected chi connectivity index (χ1v) is 9.48. The van der Waals surface area contributed by atoms with E-state index in [0.29, 0.717) is 26.2 Å². The number of piperazine rings is 1. The van der Waals surface area contributed by atoms with Gasteiger partial charge in [0.05, 0.1) is 0 Å². The number of rotatable bonds is 4. The Morgan fingerprint density at radius 1 is 0.955 bits per heavy atom. The summed E-state index contributed by atoms with van der Waals surface area (Å²) in [5.74, 6) is 0. The van der Waals surface area contributed by atoms with Crippen LogP contribution in [-0.4, -0.2) is 61.2 Å². The Bertz CT molecular complexity index is 604. The van der Waals surface area contributed by atoms with E-state index in [0.717, 1.165) is 32.5 Å². The van der Waals surface area contributed by atoms with E-state index in [1.807, 2.05) is 0 Å². The van der Waals surface area contributed by atoms with Crippen molar-refractivity contribution >= 4 is 10.2 Å². The molecule has 2 saturated heterocycles. The van der Waals surface area contributed by atoms with Gasteiger partial charge in [0, 0.05) is 45.8 Å². The molecule has 3 rings (SSSR count). The van der Waals surface area contributed by atoms with E-state index in [-0.39, 0.29) is 0 Å². The van der Waals surface area contributed by atoms with Gasteiger partial charge in [-0.05, 0) is 25.3 Å². The summed E-state index contributed by atoms with van der Waals surface area (Å²) in [5.41, 5.74) is 2.57. The highest BCUT2D eigenvalue weighted by Gasteiger charge is 2.33. The number of benzene rings is 1. The molecule has 2 aliphatic rings. The van der Waals surface area contributed by atoms with Crippen molar-refractivity contribution in [3.8, 4) is 0 Å². The number of hydrogen-bond donors (Lipinski definition) is 0. The van der Waals surface area contributed by atoms with Gasteiger partial charge in [0.15, 0.2) is 0 Å². The van der Waals surface area contributed by atoms with Crippen molar-refractivity contribution in [1.29, 1.82) is 0 Å². The minimum absolute atomic E-state index is 0.602. The summed E-state index contributed by atoms with van der Waals surface area (Å²) in [6.07, 6.45) is 1.99. The van der Waals surface area contributed by atoms with Crippen molar-refractivity contribution in [3.63, 3.8) is 0 Å². The molecule has 6 heteroatoms. The van der Waals surface area contributed by atoms with Gasteiger partial charge in [0.25, 0.3) is 10.2 Å². The van der Waals surface area contributed by atoms with Crippen LogP contribution in [0.3, 0.4) is 0 Å². The van der Waals surface area contributed by atoms with Gasteiger partial charge in [0.2, 0.25) is 0 Å². The van der Waals surface area contributed by atoms with Crippen LogP contribution >= 0.6 is 0 Å². The van der Waals surface area contributed by atoms with E-state index in [1.165, 1.54) is 11.1 Å². The van der Waals surface area contributed by atoms with Crippen LogP contribution in [0.2, 0.25) is 0 Å². The monoisotopic (exact) mass is 323 g/mol. The van der Waals surface area contributed by atoms with Crippen molar-refractivity contribution in [2.75, 3.05) is 39.3 Å². The fourth-order valence-corrected chi connectivity index (χ4v) is 4.94. The molecular formula is C16H25N3O2S. The Kier molecular flexibility index (Phi) is 4.82. The molecule has 0 spiro atoms. The first kappa shape index (κ1) is 15.9. The Balaban J connectivity index is 1.56. The van der Waals surface area contributed by atoms with Crippen LogP contribution in [-0.2, 0) is 16.8 Å². The van der Waals surface area contributed by atoms with Gasteiger partial charge in [-0.15, -0.1) is 0 Å². The summed E-state index contributed by atoms with van der Waals surface area (Å²) in [6.45, 7) is 7.19. The van der Waals surface area contributed by atoms with E-state index < -0.39 is 10.2 Å². The zero-order chi connectivity index (χ0) is 15.6. The molecule has 0 amide bonds. The maximum absolute atomic E-state index is 12.5. The quantitative estimate of drug-likeness (QED) is 0.842. The van der Waals surface area contributed by atoms with Crippen LogP contribution < -0.4 is 0 Å². The molecule has 1 aromatic carbocycles. The fourth-order valence-electron chi connectivity index (χ4n) is 3.27. The van der Waals surface area contributed by atoms with Crippen molar-refractivity contribution in [1.82, 2.24) is 13.5 Å². The van der Waals surface area contributed by atoms with Gasteiger partial charge in [-0.25, -0.2) is 0 Å². The first-order valence-electron chi connectivity index (χ1n) is 8.09. The van der Waals surface area contributed by atoms with Crippen molar-refractivity contribution < 1.29 is 8.42 Å². The lowest BCUT2D eigenvalue weighted by Gasteiger charge is -2.35. The molecule has 0 saturated carbocycles. The molecular weight excluding hydrogens is 298 g/mol. The number of hydrogen-bond acceptors (Lipinski definition) is 3. The highest BCUT2D eigenvalue weighted by molar-refractivity contribution is 7.86. The van der Waals surface area contributed by atoms with Crippen LogP contribution in [0.5, 0.6) is 0 Å². The Morgan fingerprint density at radius 2 is 1.59 bits per heavy atom. The molecule has 0 atom stereocenters. The second kappa shape index (κ2) is 6.66. The van der Waals surface area contributed by atoms with Crippen molar-refractivity contribution in [3.05, 3.63) is 35.4 Å². The summed E-state index contributed by atoms with van der Waals surface area (Å²) in [4.78, 5) is 2.34. The predicted octanol–water partition coefficient (Wildman–Crippen LogP) is 1.45. The SMILES string of the molecule is Cc1cccc(CN2CCN(S(=O)(=O)N3CCCC3)CC2)c1. The lowest BCUT2D eigenvalue weighted by molar-refractivity contribution is 0.176. The van der Waals surface area contributed by atoms with E-state index in [1.54, 1.807) is 8.61 Å². The van der Waals surface area contributed by atoms with Crippen LogP contribution in [0.15, 0.2) is 24.3 Å². The number of nitrogens with zero attached hydrogens (tertiary/aromatic N) is 3. The third kappa shape index (κ3) is 3.51. The summed E-state index contributed by atoms with van der Waals surface area (Å²) < 4.78 is 28.4. The average molecular weight is 323 g/mol. The average Bonchev–Trinajstić information content (AvgIpc) is 3.03. The highest BCUT2D eigenvalue weighted by Crippen LogP contribution is 2.19. The van der Waals surface area contributed by atoms with Gasteiger partial charge < -0.3 is 0 Å². The molecule has 1 aromatic rings. The maximum Gasteiger partial charge on any atom is 0.282 e. The lowest BCUT2D eigenvalue weighted by atomic mass is 10.1. The molecule has 0 radical (unpaired) electrons. The standard InChI is InChI=1S/C16H25N3O2S/c1-15-5-4-6-16(13-15)14-17-9-11-19(12-10-17)22(20,21)18-7-2-3-8-18/h4-6,13H,2-3,7-12,14H2,1H3. The number of aryl methyl sites for hydroxylation is 1. The maximum atomic E-state index is 12.5. The first-order chi connectivity index (χ1) is 10.6. The third-order valence-electron chi connectivity index (χ3n) is 4.54. The molecule has 2 fully saturated rings. The summed E-state index contributed by atoms with van der Waals surface area (Å²) >= 11 is 0. The Hall–Kier alpha value is -0.950. The smallest absolute Gasteiger partial charge is 0.282 e. The van der Waals surface area contributed by atoms with Crippen molar-refractivity contribution in [2.24, 2.45) is 0 Å². The van der Waals surface area contributed by atoms with Crippen LogP contribution in [0, 0.1) is 6.92 Å². The summed E-state index contributed by atoms with van der Waals surface area (Å²) in [5, 5.41) is 0. The zero-order valence-electron chi connectivity index (χ0n) is 13.2. The molecule has 122 valence electrons. The zero-order valence-corrected chi connectivity index (χ0v) is 14.1. The predicted molar refractivity (Wildman–Crippen MR) is 87.8 cm³/mol. The van der Waals surface area contributed by atoms with Crippen LogP contribution in [0.1, 0.15) is 24.0 Å². The molecule has 0 N–H and O–H groups in total. The fraction of sp³-hybridized carbons (Fsp3) is 0.625. The Morgan fingerprint density at radius 3 is 2.23 bits per heavy atom. The normalized spacial score (nSPS) is 22.2. The largest absolute Gasteiger partial charge is 0.296 e. The van der Waals surface area contributed by atoms with Gasteiger partial charge in [-0.3, -0.25) is 4.90 Å². The lowest BCUT2D eigenvalue weighted by Crippen LogP contribution is -2.52. The molecule has 0 unspecified atom stereocenters. The van der Waals surface area contributed by atoms with E-state index >= 15 is 0 Å². The molecule has 0 bridgehead atoms.